The zero-order valence-corrected chi connectivity index (χ0v) is 74.7. The number of fused-ring (bicyclic) bond motifs is 2. The molecule has 0 amide bonds. The third kappa shape index (κ3) is 44.1. The number of H-pyrrole nitrogens is 1. The Bertz CT molecular complexity index is 3570. The van der Waals surface area contributed by atoms with Crippen molar-refractivity contribution in [3.63, 3.8) is 0 Å². The number of hydrogen-bond donors (Lipinski definition) is 1. The predicted molar refractivity (Wildman–Crippen MR) is 489 cm³/mol. The fourth-order valence-electron chi connectivity index (χ4n) is 12.5. The van der Waals surface area contributed by atoms with Gasteiger partial charge in [-0.15, -0.1) is 0 Å². The smallest absolute Gasteiger partial charge is 0.196 e. The van der Waals surface area contributed by atoms with E-state index in [0.29, 0.717) is 53.3 Å². The predicted octanol–water partition coefficient (Wildman–Crippen LogP) is 33.4. The number of aromatic nitrogens is 4. The van der Waals surface area contributed by atoms with Crippen LogP contribution in [0.3, 0.4) is 0 Å². The Labute approximate surface area is 680 Å². The highest BCUT2D eigenvalue weighted by molar-refractivity contribution is 5.86. The van der Waals surface area contributed by atoms with Gasteiger partial charge in [-0.1, -0.05) is 420 Å². The Morgan fingerprint density at radius 1 is 0.297 bits per heavy atom. The molecular weight excluding hydrogens is 1350 g/mol. The Balaban J connectivity index is 0.000000412. The number of rotatable bonds is 12. The molecule has 6 nitrogen and oxygen atoms in total. The van der Waals surface area contributed by atoms with Crippen molar-refractivity contribution in [2.75, 3.05) is 0 Å². The minimum atomic E-state index is 0.407. The van der Waals surface area contributed by atoms with Crippen molar-refractivity contribution in [2.45, 2.75) is 304 Å². The first kappa shape index (κ1) is 99.0. The molecule has 0 aliphatic heterocycles. The molecule has 1 N–H and O–H groups in total. The third-order valence-electron chi connectivity index (χ3n) is 20.3. The third-order valence-corrected chi connectivity index (χ3v) is 20.3. The molecule has 0 saturated heterocycles. The van der Waals surface area contributed by atoms with Crippen LogP contribution in [-0.2, 0) is 0 Å². The first-order valence-electron chi connectivity index (χ1n) is 43.0. The minimum absolute atomic E-state index is 0.407. The molecule has 3 fully saturated rings. The summed E-state index contributed by atoms with van der Waals surface area (Å²) in [4.78, 5) is 8.13. The van der Waals surface area contributed by atoms with E-state index in [1.165, 1.54) is 126 Å². The number of benzene rings is 7. The lowest BCUT2D eigenvalue weighted by molar-refractivity contribution is 0.279. The zero-order valence-electron chi connectivity index (χ0n) is 74.7. The molecule has 4 heterocycles. The Kier molecular flexibility index (Phi) is 52.4. The van der Waals surface area contributed by atoms with Crippen LogP contribution in [0.15, 0.2) is 252 Å². The number of aromatic amines is 1. The molecule has 3 aliphatic carbocycles. The normalized spacial score (nSPS) is 12.9. The average molecular weight is 1510 g/mol. The molecule has 4 aromatic heterocycles. The molecule has 0 radical (unpaired) electrons. The van der Waals surface area contributed by atoms with Gasteiger partial charge in [-0.05, 0) is 169 Å². The number of hydrogen-bond acceptors (Lipinski definition) is 5. The molecule has 0 spiro atoms. The van der Waals surface area contributed by atoms with E-state index < -0.39 is 0 Å². The molecule has 6 heteroatoms. The van der Waals surface area contributed by atoms with Gasteiger partial charge in [0.1, 0.15) is 12.0 Å². The molecule has 3 saturated carbocycles. The van der Waals surface area contributed by atoms with E-state index in [1.54, 1.807) is 24.9 Å². The molecule has 14 rings (SSSR count). The molecule has 608 valence electrons. The molecular formula is C105H156N4O2. The van der Waals surface area contributed by atoms with Crippen molar-refractivity contribution < 1.29 is 8.83 Å². The van der Waals surface area contributed by atoms with Crippen molar-refractivity contribution in [3.8, 4) is 0 Å². The molecule has 111 heavy (non-hydrogen) atoms. The van der Waals surface area contributed by atoms with Gasteiger partial charge in [0, 0.05) is 35.6 Å². The highest BCUT2D eigenvalue weighted by atomic mass is 16.3. The van der Waals surface area contributed by atoms with Gasteiger partial charge in [0.2, 0.25) is 0 Å². The zero-order chi connectivity index (χ0) is 82.5. The van der Waals surface area contributed by atoms with E-state index in [4.69, 9.17) is 8.83 Å². The summed E-state index contributed by atoms with van der Waals surface area (Å²) in [5.74, 6) is 13.2. The van der Waals surface area contributed by atoms with Crippen LogP contribution in [0.4, 0.5) is 0 Å². The van der Waals surface area contributed by atoms with Crippen molar-refractivity contribution >= 4 is 21.5 Å². The topological polar surface area (TPSA) is 80.7 Å². The van der Waals surface area contributed by atoms with E-state index in [1.807, 2.05) is 88.5 Å². The summed E-state index contributed by atoms with van der Waals surface area (Å²) in [6.45, 7) is 57.0. The second-order valence-corrected chi connectivity index (χ2v) is 33.5. The van der Waals surface area contributed by atoms with Gasteiger partial charge in [0.25, 0.3) is 0 Å². The summed E-state index contributed by atoms with van der Waals surface area (Å²) in [5.41, 5.74) is 9.46. The number of nitrogens with zero attached hydrogens (tertiary/aromatic N) is 3. The van der Waals surface area contributed by atoms with Crippen molar-refractivity contribution in [3.05, 3.63) is 294 Å². The monoisotopic (exact) mass is 1510 g/mol. The van der Waals surface area contributed by atoms with Crippen molar-refractivity contribution in [1.82, 2.24) is 20.2 Å². The molecule has 0 atom stereocenters. The average Bonchev–Trinajstić information content (AvgIpc) is 1.73. The number of pyridine rings is 1. The van der Waals surface area contributed by atoms with Crippen LogP contribution in [0.25, 0.3) is 21.5 Å². The molecule has 0 bridgehead atoms. The summed E-state index contributed by atoms with van der Waals surface area (Å²) in [5, 5.41) is 12.1. The Hall–Kier alpha value is -8.09. The molecule has 7 aromatic carbocycles. The van der Waals surface area contributed by atoms with Crippen LogP contribution in [0, 0.1) is 35.5 Å². The summed E-state index contributed by atoms with van der Waals surface area (Å²) in [6, 6.07) is 73.7. The van der Waals surface area contributed by atoms with Gasteiger partial charge < -0.3 is 8.83 Å². The lowest BCUT2D eigenvalue weighted by atomic mass is 9.82. The quantitative estimate of drug-likeness (QED) is 0.132. The van der Waals surface area contributed by atoms with Gasteiger partial charge in [0.05, 0.1) is 12.5 Å². The van der Waals surface area contributed by atoms with Crippen LogP contribution in [0.1, 0.15) is 355 Å². The number of nitrogens with one attached hydrogen (secondary N) is 1. The van der Waals surface area contributed by atoms with Crippen LogP contribution in [-0.4, -0.2) is 20.2 Å². The maximum atomic E-state index is 5.09. The van der Waals surface area contributed by atoms with E-state index >= 15 is 0 Å². The SMILES string of the molecule is CC.CC(C)C1CC1.CC(C)C1CCCC1.CC(C)C1CCCCC1.CC(C)c1ccc2ccccc2c1.CC(C)c1cccc2ccccc12.CC(C)c1ccccc1.CC(C)c1ccccc1.CC(C)c1ccccc1.CC(C)c1ccccn1.CC(C)c1ccco1.CC(C)c1ccn[nH]1.CC(C)c1ncco1. The Morgan fingerprint density at radius 2 is 0.739 bits per heavy atom. The van der Waals surface area contributed by atoms with Crippen LogP contribution < -0.4 is 0 Å². The van der Waals surface area contributed by atoms with Crippen molar-refractivity contribution in [2.24, 2.45) is 35.5 Å². The first-order valence-corrected chi connectivity index (χ1v) is 43.0. The van der Waals surface area contributed by atoms with Crippen molar-refractivity contribution in [1.29, 1.82) is 0 Å². The summed E-state index contributed by atoms with van der Waals surface area (Å²) < 4.78 is 10.1. The van der Waals surface area contributed by atoms with Crippen LogP contribution in [0.5, 0.6) is 0 Å². The number of furan rings is 1. The molecule has 0 unspecified atom stereocenters. The lowest BCUT2D eigenvalue weighted by Crippen LogP contribution is -2.12. The summed E-state index contributed by atoms with van der Waals surface area (Å²) in [7, 11) is 0. The van der Waals surface area contributed by atoms with Gasteiger partial charge >= 0.3 is 0 Å². The second kappa shape index (κ2) is 58.7. The van der Waals surface area contributed by atoms with Crippen LogP contribution in [0.2, 0.25) is 0 Å². The second-order valence-electron chi connectivity index (χ2n) is 33.5. The number of oxazole rings is 1. The van der Waals surface area contributed by atoms with Gasteiger partial charge in [-0.2, -0.15) is 5.10 Å². The fourth-order valence-corrected chi connectivity index (χ4v) is 12.5. The first-order chi connectivity index (χ1) is 53.1. The molecule has 11 aromatic rings. The highest BCUT2D eigenvalue weighted by Crippen LogP contribution is 2.36. The fraction of sp³-hybridized carbons (Fsp3) is 0.495. The van der Waals surface area contributed by atoms with E-state index in [0.717, 1.165) is 52.9 Å². The summed E-state index contributed by atoms with van der Waals surface area (Å²) in [6.07, 6.45) is 25.0. The van der Waals surface area contributed by atoms with E-state index in [-0.39, 0.29) is 0 Å². The molecule has 3 aliphatic rings. The maximum absolute atomic E-state index is 5.09. The Morgan fingerprint density at radius 3 is 1.05 bits per heavy atom. The van der Waals surface area contributed by atoms with Gasteiger partial charge in [-0.3, -0.25) is 10.1 Å². The summed E-state index contributed by atoms with van der Waals surface area (Å²) >= 11 is 0. The maximum Gasteiger partial charge on any atom is 0.196 e. The van der Waals surface area contributed by atoms with Crippen LogP contribution >= 0.6 is 0 Å². The highest BCUT2D eigenvalue weighted by Gasteiger charge is 2.24. The van der Waals surface area contributed by atoms with Gasteiger partial charge in [-0.25, -0.2) is 4.98 Å². The van der Waals surface area contributed by atoms with Gasteiger partial charge in [0.15, 0.2) is 5.89 Å². The minimum Gasteiger partial charge on any atom is -0.469 e. The largest absolute Gasteiger partial charge is 0.469 e. The van der Waals surface area contributed by atoms with E-state index in [2.05, 4.69) is 330 Å². The standard InChI is InChI=1S/2C13H14.C9H18.3C9H12.C8H11N.C8H16.C7H10O.C6H10N2.C6H9NO.C6H12.C2H6/c1-10(2)12-9-5-7-11-6-3-4-8-13(11)12;1-10(2)12-8-7-11-5-3-4-6-13(11)9-12;4*1-8(2)9-6-4-3-5-7-9;1-7(2)8-5-3-4-6-9-8;1-7(2)8-5-3-4-6-8;1-6(2)7-4-3-5-8-7;1-5(2)6-3-4-7-8-6;1-5(2)6-7-3-4-8-6;1-5(2)6-3-4-6;1-2/h2*3-10H,1-2H3;8-9H,3-7H2,1-2H3;3*3-8H,1-2H3;3-7H,1-2H3;7-8H,3-6H2,1-2H3;3-6H,1-2H3;3-5H,1-2H3,(H,7,8);3-5H,1-2H3;5-6H,3-4H2,1-2H3;1-2H3. The lowest BCUT2D eigenvalue weighted by Gasteiger charge is -2.24. The van der Waals surface area contributed by atoms with E-state index in [9.17, 15) is 0 Å².